The first-order valence-corrected chi connectivity index (χ1v) is 7.72. The molecule has 0 bridgehead atoms. The van der Waals surface area contributed by atoms with Gasteiger partial charge in [-0.25, -0.2) is 0 Å². The van der Waals surface area contributed by atoms with Crippen molar-refractivity contribution in [1.82, 2.24) is 10.3 Å². The molecule has 0 saturated carbocycles. The topological polar surface area (TPSA) is 24.9 Å². The standard InChI is InChI=1S/C14H24N2S/c1-3-7-16-14(12-17-9-4-2)10-13-6-5-8-15-11-13/h5-6,8,11,14,16H,3-4,7,9-10,12H2,1-2H3. The molecular formula is C14H24N2S. The van der Waals surface area contributed by atoms with Gasteiger partial charge >= 0.3 is 0 Å². The van der Waals surface area contributed by atoms with Crippen molar-refractivity contribution in [2.75, 3.05) is 18.1 Å². The second-order valence-corrected chi connectivity index (χ2v) is 5.44. The van der Waals surface area contributed by atoms with Gasteiger partial charge in [-0.1, -0.05) is 19.9 Å². The summed E-state index contributed by atoms with van der Waals surface area (Å²) in [4.78, 5) is 4.18. The summed E-state index contributed by atoms with van der Waals surface area (Å²) < 4.78 is 0. The van der Waals surface area contributed by atoms with Gasteiger partial charge in [-0.15, -0.1) is 0 Å². The summed E-state index contributed by atoms with van der Waals surface area (Å²) in [7, 11) is 0. The fraction of sp³-hybridized carbons (Fsp3) is 0.643. The van der Waals surface area contributed by atoms with E-state index in [0.717, 1.165) is 13.0 Å². The third-order valence-corrected chi connectivity index (χ3v) is 3.89. The molecule has 2 nitrogen and oxygen atoms in total. The van der Waals surface area contributed by atoms with Crippen LogP contribution in [0.1, 0.15) is 32.3 Å². The molecule has 1 atom stereocenters. The quantitative estimate of drug-likeness (QED) is 0.684. The van der Waals surface area contributed by atoms with Crippen molar-refractivity contribution in [2.45, 2.75) is 39.2 Å². The maximum absolute atomic E-state index is 4.18. The average Bonchev–Trinajstić information content (AvgIpc) is 2.37. The highest BCUT2D eigenvalue weighted by molar-refractivity contribution is 7.99. The molecule has 17 heavy (non-hydrogen) atoms. The summed E-state index contributed by atoms with van der Waals surface area (Å²) in [6.07, 6.45) is 7.36. The van der Waals surface area contributed by atoms with Gasteiger partial charge in [0.05, 0.1) is 0 Å². The van der Waals surface area contributed by atoms with E-state index >= 15 is 0 Å². The van der Waals surface area contributed by atoms with E-state index in [1.807, 2.05) is 30.2 Å². The molecule has 0 saturated heterocycles. The first-order chi connectivity index (χ1) is 8.36. The van der Waals surface area contributed by atoms with Gasteiger partial charge in [0, 0.05) is 24.2 Å². The van der Waals surface area contributed by atoms with Crippen molar-refractivity contribution in [3.05, 3.63) is 30.1 Å². The smallest absolute Gasteiger partial charge is 0.0300 e. The van der Waals surface area contributed by atoms with E-state index in [4.69, 9.17) is 0 Å². The van der Waals surface area contributed by atoms with Crippen LogP contribution in [0.3, 0.4) is 0 Å². The monoisotopic (exact) mass is 252 g/mol. The van der Waals surface area contributed by atoms with Crippen LogP contribution >= 0.6 is 11.8 Å². The van der Waals surface area contributed by atoms with Crippen LogP contribution in [0.2, 0.25) is 0 Å². The van der Waals surface area contributed by atoms with Gasteiger partial charge in [0.15, 0.2) is 0 Å². The zero-order valence-electron chi connectivity index (χ0n) is 11.0. The molecule has 0 spiro atoms. The maximum Gasteiger partial charge on any atom is 0.0300 e. The number of thioether (sulfide) groups is 1. The zero-order chi connectivity index (χ0) is 12.3. The van der Waals surface area contributed by atoms with Crippen LogP contribution in [0.15, 0.2) is 24.5 Å². The molecule has 96 valence electrons. The summed E-state index contributed by atoms with van der Waals surface area (Å²) in [5.41, 5.74) is 1.33. The lowest BCUT2D eigenvalue weighted by atomic mass is 10.1. The van der Waals surface area contributed by atoms with Gasteiger partial charge in [0.25, 0.3) is 0 Å². The molecule has 1 N–H and O–H groups in total. The van der Waals surface area contributed by atoms with Crippen molar-refractivity contribution >= 4 is 11.8 Å². The van der Waals surface area contributed by atoms with E-state index in [1.54, 1.807) is 0 Å². The fourth-order valence-electron chi connectivity index (χ4n) is 1.71. The SMILES string of the molecule is CCCNC(CSCCC)Cc1cccnc1. The number of pyridine rings is 1. The average molecular weight is 252 g/mol. The highest BCUT2D eigenvalue weighted by atomic mass is 32.2. The minimum absolute atomic E-state index is 0.579. The van der Waals surface area contributed by atoms with Crippen molar-refractivity contribution < 1.29 is 0 Å². The van der Waals surface area contributed by atoms with Crippen LogP contribution in [0.5, 0.6) is 0 Å². The van der Waals surface area contributed by atoms with E-state index in [1.165, 1.54) is 29.9 Å². The highest BCUT2D eigenvalue weighted by Gasteiger charge is 2.08. The lowest BCUT2D eigenvalue weighted by Crippen LogP contribution is -2.34. The Hall–Kier alpha value is -0.540. The number of aromatic nitrogens is 1. The molecule has 3 heteroatoms. The Labute approximate surface area is 110 Å². The van der Waals surface area contributed by atoms with Crippen molar-refractivity contribution in [3.63, 3.8) is 0 Å². The molecule has 0 fully saturated rings. The Morgan fingerprint density at radius 2 is 2.24 bits per heavy atom. The highest BCUT2D eigenvalue weighted by Crippen LogP contribution is 2.09. The van der Waals surface area contributed by atoms with Crippen LogP contribution in [-0.4, -0.2) is 29.1 Å². The number of rotatable bonds is 9. The third-order valence-electron chi connectivity index (χ3n) is 2.56. The Morgan fingerprint density at radius 3 is 2.88 bits per heavy atom. The Bertz CT molecular complexity index is 277. The third kappa shape index (κ3) is 6.69. The lowest BCUT2D eigenvalue weighted by molar-refractivity contribution is 0.549. The van der Waals surface area contributed by atoms with Crippen LogP contribution in [0.4, 0.5) is 0 Å². The van der Waals surface area contributed by atoms with Crippen LogP contribution in [0.25, 0.3) is 0 Å². The predicted octanol–water partition coefficient (Wildman–Crippen LogP) is 3.14. The minimum atomic E-state index is 0.579. The van der Waals surface area contributed by atoms with Gasteiger partial charge in [0.1, 0.15) is 0 Å². The van der Waals surface area contributed by atoms with Crippen molar-refractivity contribution in [3.8, 4) is 0 Å². The molecule has 0 radical (unpaired) electrons. The Kier molecular flexibility index (Phi) is 8.10. The molecule has 1 unspecified atom stereocenters. The second-order valence-electron chi connectivity index (χ2n) is 4.29. The van der Waals surface area contributed by atoms with E-state index < -0.39 is 0 Å². The molecule has 0 aliphatic heterocycles. The number of nitrogens with zero attached hydrogens (tertiary/aromatic N) is 1. The molecule has 0 amide bonds. The fourth-order valence-corrected chi connectivity index (χ4v) is 2.69. The van der Waals surface area contributed by atoms with Gasteiger partial charge in [-0.3, -0.25) is 4.98 Å². The van der Waals surface area contributed by atoms with Gasteiger partial charge in [-0.2, -0.15) is 11.8 Å². The minimum Gasteiger partial charge on any atom is -0.313 e. The van der Waals surface area contributed by atoms with Crippen molar-refractivity contribution in [2.24, 2.45) is 0 Å². The Morgan fingerprint density at radius 1 is 1.35 bits per heavy atom. The lowest BCUT2D eigenvalue weighted by Gasteiger charge is -2.18. The summed E-state index contributed by atoms with van der Waals surface area (Å²) in [6, 6.07) is 4.76. The summed E-state index contributed by atoms with van der Waals surface area (Å²) in [5, 5.41) is 3.63. The first-order valence-electron chi connectivity index (χ1n) is 6.56. The molecule has 1 rings (SSSR count). The van der Waals surface area contributed by atoms with Crippen LogP contribution in [-0.2, 0) is 6.42 Å². The largest absolute Gasteiger partial charge is 0.313 e. The molecular weight excluding hydrogens is 228 g/mol. The molecule has 1 heterocycles. The predicted molar refractivity (Wildman–Crippen MR) is 77.6 cm³/mol. The number of hydrogen-bond donors (Lipinski definition) is 1. The maximum atomic E-state index is 4.18. The van der Waals surface area contributed by atoms with E-state index in [-0.39, 0.29) is 0 Å². The molecule has 0 aliphatic rings. The van der Waals surface area contributed by atoms with Gasteiger partial charge in [-0.05, 0) is 43.2 Å². The van der Waals surface area contributed by atoms with Crippen LogP contribution < -0.4 is 5.32 Å². The zero-order valence-corrected chi connectivity index (χ0v) is 11.8. The number of hydrogen-bond acceptors (Lipinski definition) is 3. The summed E-state index contributed by atoms with van der Waals surface area (Å²) in [5.74, 6) is 2.46. The van der Waals surface area contributed by atoms with Crippen molar-refractivity contribution in [1.29, 1.82) is 0 Å². The molecule has 1 aromatic rings. The normalized spacial score (nSPS) is 12.6. The Balaban J connectivity index is 2.39. The van der Waals surface area contributed by atoms with Gasteiger partial charge in [0.2, 0.25) is 0 Å². The number of nitrogens with one attached hydrogen (secondary N) is 1. The van der Waals surface area contributed by atoms with E-state index in [2.05, 4.69) is 30.2 Å². The first kappa shape index (κ1) is 14.5. The van der Waals surface area contributed by atoms with E-state index in [0.29, 0.717) is 6.04 Å². The molecule has 0 aliphatic carbocycles. The van der Waals surface area contributed by atoms with Crippen LogP contribution in [0, 0.1) is 0 Å². The van der Waals surface area contributed by atoms with Gasteiger partial charge < -0.3 is 5.32 Å². The molecule has 1 aromatic heterocycles. The summed E-state index contributed by atoms with van der Waals surface area (Å²) >= 11 is 2.05. The van der Waals surface area contributed by atoms with E-state index in [9.17, 15) is 0 Å². The summed E-state index contributed by atoms with van der Waals surface area (Å²) in [6.45, 7) is 5.56. The second kappa shape index (κ2) is 9.49. The molecule has 0 aromatic carbocycles.